The Balaban J connectivity index is 1.36. The van der Waals surface area contributed by atoms with E-state index in [-0.39, 0.29) is 0 Å². The summed E-state index contributed by atoms with van der Waals surface area (Å²) in [5, 5.41) is 0. The van der Waals surface area contributed by atoms with Gasteiger partial charge in [0.15, 0.2) is 0 Å². The molecule has 3 saturated heterocycles. The summed E-state index contributed by atoms with van der Waals surface area (Å²) in [5.41, 5.74) is 4.41. The lowest BCUT2D eigenvalue weighted by Gasteiger charge is -2.31. The minimum atomic E-state index is -2.16. The van der Waals surface area contributed by atoms with E-state index in [9.17, 15) is 0 Å². The van der Waals surface area contributed by atoms with Crippen molar-refractivity contribution in [2.24, 2.45) is 0 Å². The van der Waals surface area contributed by atoms with Gasteiger partial charge in [0.05, 0.1) is 0 Å². The van der Waals surface area contributed by atoms with E-state index in [2.05, 4.69) is 126 Å². The lowest BCUT2D eigenvalue weighted by molar-refractivity contribution is 0.533. The quantitative estimate of drug-likeness (QED) is 0.0634. The average molecular weight is 670 g/mol. The molecule has 0 aromatic heterocycles. The number of unbranched alkanes of at least 4 members (excludes halogenated alkanes) is 6. The van der Waals surface area contributed by atoms with Gasteiger partial charge >= 0.3 is 0 Å². The summed E-state index contributed by atoms with van der Waals surface area (Å²) < 4.78 is 8.92. The van der Waals surface area contributed by atoms with Gasteiger partial charge in [0.1, 0.15) is 6.49 Å². The van der Waals surface area contributed by atoms with Crippen molar-refractivity contribution < 1.29 is 0 Å². The molecule has 5 heteroatoms. The number of benzene rings is 3. The Bertz CT molecular complexity index is 1230. The van der Waals surface area contributed by atoms with E-state index in [1.54, 1.807) is 0 Å². The molecule has 3 aromatic carbocycles. The highest BCUT2D eigenvalue weighted by molar-refractivity contribution is 8.11. The van der Waals surface area contributed by atoms with Crippen LogP contribution in [0.2, 0.25) is 0 Å². The van der Waals surface area contributed by atoms with Crippen LogP contribution >= 0.6 is 6.49 Å². The topological polar surface area (TPSA) is 9.03 Å². The Morgan fingerprint density at radius 2 is 0.702 bits per heavy atom. The van der Waals surface area contributed by atoms with Gasteiger partial charge in [0.2, 0.25) is 0 Å². The summed E-state index contributed by atoms with van der Waals surface area (Å²) in [5.74, 6) is 0. The molecule has 9 atom stereocenters. The molecular formula is C42H60N3PS. The van der Waals surface area contributed by atoms with Crippen LogP contribution in [0.4, 0.5) is 0 Å². The van der Waals surface area contributed by atoms with Crippen LogP contribution in [0.1, 0.15) is 115 Å². The molecule has 3 aliphatic rings. The lowest BCUT2D eigenvalue weighted by atomic mass is 10.1. The second-order valence-electron chi connectivity index (χ2n) is 14.6. The zero-order valence-corrected chi connectivity index (χ0v) is 31.1. The van der Waals surface area contributed by atoms with Gasteiger partial charge < -0.3 is 0 Å². The molecule has 0 amide bonds. The maximum absolute atomic E-state index is 7.40. The monoisotopic (exact) mass is 669 g/mol. The molecule has 6 rings (SSSR count). The average Bonchev–Trinajstić information content (AvgIpc) is 4.05. The summed E-state index contributed by atoms with van der Waals surface area (Å²) in [7, 11) is 0. The van der Waals surface area contributed by atoms with Crippen molar-refractivity contribution in [2.45, 2.75) is 153 Å². The van der Waals surface area contributed by atoms with E-state index in [0.29, 0.717) is 36.3 Å². The van der Waals surface area contributed by atoms with Crippen LogP contribution in [0.15, 0.2) is 91.0 Å². The largest absolute Gasteiger partial charge is 0.242 e. The molecule has 0 radical (unpaired) electrons. The number of rotatable bonds is 21. The molecule has 9 unspecified atom stereocenters. The molecule has 0 saturated carbocycles. The summed E-state index contributed by atoms with van der Waals surface area (Å²) in [6.07, 6.45) is 19.0. The SMILES string of the molecule is CCCCCC1C(Cc2ccccc2)N1P(=S)(N1C(CCCCC)C1Cc1ccccc1)N1C(CCCCC)C1Cc1ccccc1. The molecule has 0 N–H and O–H groups in total. The van der Waals surface area contributed by atoms with Crippen LogP contribution in [-0.2, 0) is 31.1 Å². The smallest absolute Gasteiger partial charge is 0.147 e. The van der Waals surface area contributed by atoms with E-state index in [4.69, 9.17) is 11.8 Å². The van der Waals surface area contributed by atoms with E-state index in [0.717, 1.165) is 19.3 Å². The van der Waals surface area contributed by atoms with Gasteiger partial charge in [-0.25, -0.2) is 14.0 Å². The summed E-state index contributed by atoms with van der Waals surface area (Å²) in [6, 6.07) is 37.4. The minimum absolute atomic E-state index is 0.559. The predicted octanol–water partition coefficient (Wildman–Crippen LogP) is 10.8. The van der Waals surface area contributed by atoms with Crippen LogP contribution in [0, 0.1) is 0 Å². The maximum Gasteiger partial charge on any atom is 0.147 e. The third-order valence-electron chi connectivity index (χ3n) is 11.2. The summed E-state index contributed by atoms with van der Waals surface area (Å²) in [4.78, 5) is 0. The second kappa shape index (κ2) is 16.7. The summed E-state index contributed by atoms with van der Waals surface area (Å²) >= 11 is 7.40. The first-order chi connectivity index (χ1) is 23.1. The molecule has 0 bridgehead atoms. The minimum Gasteiger partial charge on any atom is -0.242 e. The van der Waals surface area contributed by atoms with Gasteiger partial charge in [-0.3, -0.25) is 0 Å². The zero-order valence-electron chi connectivity index (χ0n) is 29.4. The fourth-order valence-electron chi connectivity index (χ4n) is 8.52. The lowest BCUT2D eigenvalue weighted by Crippen LogP contribution is -2.21. The van der Waals surface area contributed by atoms with Crippen molar-refractivity contribution in [3.05, 3.63) is 108 Å². The van der Waals surface area contributed by atoms with Gasteiger partial charge in [0, 0.05) is 36.3 Å². The Morgan fingerprint density at radius 1 is 0.426 bits per heavy atom. The van der Waals surface area contributed by atoms with Crippen LogP contribution in [-0.4, -0.2) is 50.3 Å². The van der Waals surface area contributed by atoms with Crippen molar-refractivity contribution in [3.8, 4) is 0 Å². The number of nitrogens with zero attached hydrogens (tertiary/aromatic N) is 3. The highest BCUT2D eigenvalue weighted by atomic mass is 32.4. The normalized spacial score (nSPS) is 30.5. The summed E-state index contributed by atoms with van der Waals surface area (Å²) in [6.45, 7) is 4.86. The van der Waals surface area contributed by atoms with Crippen molar-refractivity contribution in [1.29, 1.82) is 0 Å². The first-order valence-corrected chi connectivity index (χ1v) is 21.9. The molecule has 3 nitrogen and oxygen atoms in total. The maximum atomic E-state index is 7.40. The molecule has 3 fully saturated rings. The Labute approximate surface area is 292 Å². The van der Waals surface area contributed by atoms with E-state index >= 15 is 0 Å². The van der Waals surface area contributed by atoms with Gasteiger partial charge in [-0.15, -0.1) is 0 Å². The molecule has 3 heterocycles. The van der Waals surface area contributed by atoms with E-state index < -0.39 is 6.49 Å². The molecular weight excluding hydrogens is 610 g/mol. The van der Waals surface area contributed by atoms with Crippen LogP contribution < -0.4 is 0 Å². The molecule has 0 aliphatic carbocycles. The third kappa shape index (κ3) is 8.33. The number of hydrogen-bond donors (Lipinski definition) is 0. The van der Waals surface area contributed by atoms with Gasteiger partial charge in [0.25, 0.3) is 0 Å². The molecule has 254 valence electrons. The van der Waals surface area contributed by atoms with Gasteiger partial charge in [-0.05, 0) is 67.0 Å². The van der Waals surface area contributed by atoms with Gasteiger partial charge in [-0.1, -0.05) is 170 Å². The van der Waals surface area contributed by atoms with Crippen LogP contribution in [0.25, 0.3) is 0 Å². The highest BCUT2D eigenvalue weighted by Crippen LogP contribution is 2.77. The van der Waals surface area contributed by atoms with Crippen LogP contribution in [0.5, 0.6) is 0 Å². The van der Waals surface area contributed by atoms with Crippen molar-refractivity contribution in [1.82, 2.24) is 14.0 Å². The highest BCUT2D eigenvalue weighted by Gasteiger charge is 2.70. The Morgan fingerprint density at radius 3 is 0.957 bits per heavy atom. The fraction of sp³-hybridized carbons (Fsp3) is 0.571. The van der Waals surface area contributed by atoms with Crippen LogP contribution in [0.3, 0.4) is 0 Å². The first-order valence-electron chi connectivity index (χ1n) is 19.2. The molecule has 3 aromatic rings. The van der Waals surface area contributed by atoms with Crippen molar-refractivity contribution >= 4 is 18.3 Å². The predicted molar refractivity (Wildman–Crippen MR) is 205 cm³/mol. The van der Waals surface area contributed by atoms with E-state index in [1.807, 2.05) is 0 Å². The number of hydrogen-bond acceptors (Lipinski definition) is 1. The third-order valence-corrected chi connectivity index (χ3v) is 16.5. The first kappa shape index (κ1) is 35.0. The molecule has 3 aliphatic heterocycles. The van der Waals surface area contributed by atoms with Gasteiger partial charge in [-0.2, -0.15) is 0 Å². The molecule has 0 spiro atoms. The van der Waals surface area contributed by atoms with E-state index in [1.165, 1.54) is 93.7 Å². The standard InChI is InChI=1S/C42H60N3PS/c1-4-7-13-28-37-40(31-34-22-16-10-17-23-34)43(37)46(47,44-38(29-14-8-5-2)41(44)32-35-24-18-11-19-25-35)45-39(30-15-9-6-3)42(45)33-36-26-20-12-21-27-36/h10-12,16-27,37-42H,4-9,13-15,28-33H2,1-3H3. The fourth-order valence-corrected chi connectivity index (χ4v) is 15.1. The van der Waals surface area contributed by atoms with Crippen molar-refractivity contribution in [2.75, 3.05) is 0 Å². The van der Waals surface area contributed by atoms with Crippen molar-refractivity contribution in [3.63, 3.8) is 0 Å². The Kier molecular flexibility index (Phi) is 12.5. The second-order valence-corrected chi connectivity index (χ2v) is 18.5. The Hall–Kier alpha value is -1.81. The zero-order chi connectivity index (χ0) is 32.6. The molecule has 47 heavy (non-hydrogen) atoms.